The van der Waals surface area contributed by atoms with E-state index < -0.39 is 0 Å². The Morgan fingerprint density at radius 1 is 1.56 bits per heavy atom. The number of nitrogens with one attached hydrogen (secondary N) is 1. The zero-order valence-electron chi connectivity index (χ0n) is 10.2. The summed E-state index contributed by atoms with van der Waals surface area (Å²) in [5.74, 6) is 0. The van der Waals surface area contributed by atoms with Gasteiger partial charge in [0.2, 0.25) is 0 Å². The largest absolute Gasteiger partial charge is 0.311 e. The van der Waals surface area contributed by atoms with Crippen LogP contribution in [0, 0.1) is 6.92 Å². The van der Waals surface area contributed by atoms with Crippen LogP contribution in [0.25, 0.3) is 0 Å². The summed E-state index contributed by atoms with van der Waals surface area (Å²) in [6.45, 7) is 5.34. The van der Waals surface area contributed by atoms with Gasteiger partial charge in [0.25, 0.3) is 0 Å². The number of hydrogen-bond acceptors (Lipinski definition) is 3. The van der Waals surface area contributed by atoms with E-state index in [2.05, 4.69) is 35.2 Å². The summed E-state index contributed by atoms with van der Waals surface area (Å²) in [5.41, 5.74) is 2.44. The van der Waals surface area contributed by atoms with Crippen LogP contribution in [-0.2, 0) is 6.54 Å². The van der Waals surface area contributed by atoms with Gasteiger partial charge < -0.3 is 10.2 Å². The Morgan fingerprint density at radius 2 is 2.44 bits per heavy atom. The highest BCUT2D eigenvalue weighted by Crippen LogP contribution is 2.13. The third kappa shape index (κ3) is 2.80. The number of rotatable bonds is 4. The fourth-order valence-corrected chi connectivity index (χ4v) is 2.32. The zero-order valence-corrected chi connectivity index (χ0v) is 10.2. The minimum absolute atomic E-state index is 0.719. The third-order valence-electron chi connectivity index (χ3n) is 3.48. The molecule has 1 N–H and O–H groups in total. The fourth-order valence-electron chi connectivity index (χ4n) is 2.32. The normalized spacial score (nSPS) is 21.5. The van der Waals surface area contributed by atoms with Crippen molar-refractivity contribution < 1.29 is 0 Å². The molecule has 1 unspecified atom stereocenters. The molecule has 1 aromatic rings. The average molecular weight is 219 g/mol. The molecule has 1 aliphatic heterocycles. The molecule has 3 nitrogen and oxygen atoms in total. The van der Waals surface area contributed by atoms with Crippen LogP contribution in [0.15, 0.2) is 18.3 Å². The summed E-state index contributed by atoms with van der Waals surface area (Å²) in [5, 5.41) is 3.53. The van der Waals surface area contributed by atoms with Gasteiger partial charge in [-0.3, -0.25) is 4.98 Å². The Morgan fingerprint density at radius 3 is 3.12 bits per heavy atom. The number of nitrogens with zero attached hydrogens (tertiary/aromatic N) is 2. The van der Waals surface area contributed by atoms with Crippen molar-refractivity contribution in [2.75, 3.05) is 20.1 Å². The smallest absolute Gasteiger partial charge is 0.0417 e. The van der Waals surface area contributed by atoms with Gasteiger partial charge in [0, 0.05) is 31.0 Å². The number of hydrogen-bond donors (Lipinski definition) is 1. The summed E-state index contributed by atoms with van der Waals surface area (Å²) in [7, 11) is 2.22. The molecule has 1 fully saturated rings. The maximum Gasteiger partial charge on any atom is 0.0417 e. The van der Waals surface area contributed by atoms with Crippen molar-refractivity contribution in [2.45, 2.75) is 32.4 Å². The predicted molar refractivity (Wildman–Crippen MR) is 66.3 cm³/mol. The minimum atomic E-state index is 0.719. The second-order valence-corrected chi connectivity index (χ2v) is 4.66. The van der Waals surface area contributed by atoms with Gasteiger partial charge in [-0.25, -0.2) is 0 Å². The molecule has 0 saturated carbocycles. The lowest BCUT2D eigenvalue weighted by Crippen LogP contribution is -2.35. The quantitative estimate of drug-likeness (QED) is 0.833. The minimum Gasteiger partial charge on any atom is -0.311 e. The number of aryl methyl sites for hydroxylation is 1. The van der Waals surface area contributed by atoms with Crippen molar-refractivity contribution in [1.82, 2.24) is 15.2 Å². The van der Waals surface area contributed by atoms with Crippen molar-refractivity contribution in [3.8, 4) is 0 Å². The predicted octanol–water partition coefficient (Wildman–Crippen LogP) is 1.57. The molecular weight excluding hydrogens is 198 g/mol. The van der Waals surface area contributed by atoms with E-state index in [9.17, 15) is 0 Å². The topological polar surface area (TPSA) is 28.2 Å². The lowest BCUT2D eigenvalue weighted by atomic mass is 10.2. The van der Waals surface area contributed by atoms with Crippen LogP contribution in [0.3, 0.4) is 0 Å². The first-order chi connectivity index (χ1) is 7.77. The monoisotopic (exact) mass is 219 g/mol. The van der Waals surface area contributed by atoms with Crippen LogP contribution in [0.4, 0.5) is 0 Å². The first kappa shape index (κ1) is 11.6. The molecule has 0 radical (unpaired) electrons. The summed E-state index contributed by atoms with van der Waals surface area (Å²) in [6, 6.07) is 4.87. The van der Waals surface area contributed by atoms with Crippen LogP contribution in [0.5, 0.6) is 0 Å². The van der Waals surface area contributed by atoms with E-state index in [1.54, 1.807) is 0 Å². The Kier molecular flexibility index (Phi) is 3.91. The Labute approximate surface area is 97.9 Å². The van der Waals surface area contributed by atoms with Gasteiger partial charge in [0.1, 0.15) is 0 Å². The summed E-state index contributed by atoms with van der Waals surface area (Å²) < 4.78 is 0. The molecule has 1 atom stereocenters. The van der Waals surface area contributed by atoms with Gasteiger partial charge in [0.05, 0.1) is 0 Å². The number of likely N-dealkylation sites (tertiary alicyclic amines) is 1. The molecule has 1 saturated heterocycles. The average Bonchev–Trinajstić information content (AvgIpc) is 2.67. The molecule has 1 aromatic heterocycles. The molecule has 0 aromatic carbocycles. The van der Waals surface area contributed by atoms with Crippen LogP contribution in [-0.4, -0.2) is 36.1 Å². The maximum atomic E-state index is 4.29. The van der Waals surface area contributed by atoms with Crippen molar-refractivity contribution >= 4 is 0 Å². The number of aromatic nitrogens is 1. The molecule has 0 spiro atoms. The molecule has 0 amide bonds. The van der Waals surface area contributed by atoms with Crippen molar-refractivity contribution in [1.29, 1.82) is 0 Å². The lowest BCUT2D eigenvalue weighted by molar-refractivity contribution is 0.300. The van der Waals surface area contributed by atoms with Gasteiger partial charge in [-0.2, -0.15) is 0 Å². The van der Waals surface area contributed by atoms with Crippen LogP contribution < -0.4 is 5.32 Å². The summed E-state index contributed by atoms with van der Waals surface area (Å²) in [6.07, 6.45) is 4.52. The zero-order chi connectivity index (χ0) is 11.4. The van der Waals surface area contributed by atoms with Crippen molar-refractivity contribution in [3.05, 3.63) is 29.6 Å². The summed E-state index contributed by atoms with van der Waals surface area (Å²) >= 11 is 0. The van der Waals surface area contributed by atoms with Crippen LogP contribution >= 0.6 is 0 Å². The van der Waals surface area contributed by atoms with Gasteiger partial charge in [-0.15, -0.1) is 0 Å². The highest BCUT2D eigenvalue weighted by molar-refractivity contribution is 5.17. The summed E-state index contributed by atoms with van der Waals surface area (Å²) in [4.78, 5) is 6.74. The van der Waals surface area contributed by atoms with Crippen molar-refractivity contribution in [3.63, 3.8) is 0 Å². The molecular formula is C13H21N3. The van der Waals surface area contributed by atoms with E-state index in [0.717, 1.165) is 24.8 Å². The fraction of sp³-hybridized carbons (Fsp3) is 0.615. The molecule has 1 aliphatic rings. The van der Waals surface area contributed by atoms with E-state index in [0.29, 0.717) is 0 Å². The molecule has 0 bridgehead atoms. The second-order valence-electron chi connectivity index (χ2n) is 4.66. The maximum absolute atomic E-state index is 4.29. The van der Waals surface area contributed by atoms with E-state index in [1.807, 2.05) is 12.3 Å². The molecule has 88 valence electrons. The Hall–Kier alpha value is -0.930. The SMILES string of the molecule is Cc1ncccc1CNCC1CCCN1C. The van der Waals surface area contributed by atoms with Gasteiger partial charge in [0.15, 0.2) is 0 Å². The van der Waals surface area contributed by atoms with E-state index in [-0.39, 0.29) is 0 Å². The Bertz CT molecular complexity index is 338. The van der Waals surface area contributed by atoms with E-state index >= 15 is 0 Å². The number of pyridine rings is 1. The molecule has 3 heteroatoms. The van der Waals surface area contributed by atoms with Gasteiger partial charge >= 0.3 is 0 Å². The number of likely N-dealkylation sites (N-methyl/N-ethyl adjacent to an activating group) is 1. The molecule has 2 heterocycles. The first-order valence-corrected chi connectivity index (χ1v) is 6.09. The lowest BCUT2D eigenvalue weighted by Gasteiger charge is -2.19. The Balaban J connectivity index is 1.78. The highest BCUT2D eigenvalue weighted by atomic mass is 15.2. The van der Waals surface area contributed by atoms with Crippen LogP contribution in [0.1, 0.15) is 24.1 Å². The van der Waals surface area contributed by atoms with Crippen molar-refractivity contribution in [2.24, 2.45) is 0 Å². The van der Waals surface area contributed by atoms with Crippen LogP contribution in [0.2, 0.25) is 0 Å². The third-order valence-corrected chi connectivity index (χ3v) is 3.48. The standard InChI is InChI=1S/C13H21N3/c1-11-12(5-3-7-15-11)9-14-10-13-6-4-8-16(13)2/h3,5,7,13-14H,4,6,8-10H2,1-2H3. The van der Waals surface area contributed by atoms with Gasteiger partial charge in [-0.1, -0.05) is 6.07 Å². The first-order valence-electron chi connectivity index (χ1n) is 6.09. The van der Waals surface area contributed by atoms with E-state index in [1.165, 1.54) is 24.9 Å². The molecule has 16 heavy (non-hydrogen) atoms. The molecule has 0 aliphatic carbocycles. The highest BCUT2D eigenvalue weighted by Gasteiger charge is 2.19. The second kappa shape index (κ2) is 5.41. The van der Waals surface area contributed by atoms with Gasteiger partial charge in [-0.05, 0) is 45.0 Å². The molecule has 2 rings (SSSR count). The van der Waals surface area contributed by atoms with E-state index in [4.69, 9.17) is 0 Å².